The highest BCUT2D eigenvalue weighted by atomic mass is 32.1. The summed E-state index contributed by atoms with van der Waals surface area (Å²) in [5.41, 5.74) is 2.82. The maximum atomic E-state index is 13.0. The van der Waals surface area contributed by atoms with Crippen molar-refractivity contribution in [3.63, 3.8) is 0 Å². The lowest BCUT2D eigenvalue weighted by atomic mass is 9.86. The fraction of sp³-hybridized carbons (Fsp3) is 0.118. The van der Waals surface area contributed by atoms with Crippen molar-refractivity contribution in [2.24, 2.45) is 0 Å². The van der Waals surface area contributed by atoms with Crippen molar-refractivity contribution in [1.29, 1.82) is 0 Å². The average Bonchev–Trinajstić information content (AvgIpc) is 3.03. The molecule has 0 fully saturated rings. The number of rotatable bonds is 3. The van der Waals surface area contributed by atoms with E-state index in [0.29, 0.717) is 22.4 Å². The van der Waals surface area contributed by atoms with Crippen molar-refractivity contribution in [3.05, 3.63) is 47.5 Å². The molecule has 2 N–H and O–H groups in total. The molecule has 0 saturated heterocycles. The Hall–Kier alpha value is -2.77. The van der Waals surface area contributed by atoms with Crippen molar-refractivity contribution >= 4 is 39.2 Å². The summed E-state index contributed by atoms with van der Waals surface area (Å²) in [6, 6.07) is 10.8. The molecule has 7 heteroatoms. The van der Waals surface area contributed by atoms with E-state index in [1.165, 1.54) is 11.5 Å². The highest BCUT2D eigenvalue weighted by Gasteiger charge is 2.30. The van der Waals surface area contributed by atoms with Gasteiger partial charge >= 0.3 is 6.09 Å². The van der Waals surface area contributed by atoms with Gasteiger partial charge in [0.25, 0.3) is 0 Å². The van der Waals surface area contributed by atoms with E-state index in [9.17, 15) is 9.59 Å². The molecule has 0 unspecified atom stereocenters. The van der Waals surface area contributed by atoms with Crippen molar-refractivity contribution in [1.82, 2.24) is 4.37 Å². The van der Waals surface area contributed by atoms with Crippen LogP contribution in [0.15, 0.2) is 36.4 Å². The molecule has 4 rings (SSSR count). The number of anilines is 1. The van der Waals surface area contributed by atoms with E-state index in [1.807, 2.05) is 18.2 Å². The number of ether oxygens (including phenoxy) is 1. The zero-order valence-electron chi connectivity index (χ0n) is 12.4. The van der Waals surface area contributed by atoms with E-state index in [2.05, 4.69) is 9.69 Å². The Morgan fingerprint density at radius 1 is 1.21 bits per heavy atom. The number of aliphatic hydroxyl groups excluding tert-OH is 1. The predicted molar refractivity (Wildman–Crippen MR) is 90.5 cm³/mol. The van der Waals surface area contributed by atoms with Crippen LogP contribution < -0.4 is 5.32 Å². The third-order valence-corrected chi connectivity index (χ3v) is 4.66. The van der Waals surface area contributed by atoms with Gasteiger partial charge in [-0.1, -0.05) is 24.3 Å². The molecule has 1 amide bonds. The van der Waals surface area contributed by atoms with E-state index in [1.54, 1.807) is 18.2 Å². The smallest absolute Gasteiger partial charge is 0.411 e. The van der Waals surface area contributed by atoms with Gasteiger partial charge in [0.05, 0.1) is 28.3 Å². The summed E-state index contributed by atoms with van der Waals surface area (Å²) >= 11 is 1.35. The first-order valence-corrected chi connectivity index (χ1v) is 8.09. The highest BCUT2D eigenvalue weighted by Crippen LogP contribution is 2.42. The van der Waals surface area contributed by atoms with Gasteiger partial charge in [-0.3, -0.25) is 10.1 Å². The summed E-state index contributed by atoms with van der Waals surface area (Å²) in [5.74, 6) is -0.152. The summed E-state index contributed by atoms with van der Waals surface area (Å²) in [4.78, 5) is 24.7. The minimum absolute atomic E-state index is 0.107. The largest absolute Gasteiger partial charge is 0.447 e. The monoisotopic (exact) mass is 340 g/mol. The molecule has 2 aromatic carbocycles. The second kappa shape index (κ2) is 5.70. The molecule has 0 aliphatic heterocycles. The summed E-state index contributed by atoms with van der Waals surface area (Å²) in [6.45, 7) is -0.367. The molecule has 1 aromatic heterocycles. The number of hydrogen-bond acceptors (Lipinski definition) is 6. The fourth-order valence-electron chi connectivity index (χ4n) is 2.88. The Morgan fingerprint density at radius 3 is 2.83 bits per heavy atom. The summed E-state index contributed by atoms with van der Waals surface area (Å²) in [7, 11) is 0. The molecule has 0 spiro atoms. The molecular formula is C17H12N2O4S. The zero-order valence-corrected chi connectivity index (χ0v) is 13.2. The number of hydrogen-bond donors (Lipinski definition) is 2. The number of aliphatic hydroxyl groups is 1. The zero-order chi connectivity index (χ0) is 16.7. The van der Waals surface area contributed by atoms with Crippen molar-refractivity contribution < 1.29 is 19.4 Å². The molecule has 0 bridgehead atoms. The number of ketones is 1. The van der Waals surface area contributed by atoms with Gasteiger partial charge in [0.15, 0.2) is 5.78 Å². The molecule has 120 valence electrons. The van der Waals surface area contributed by atoms with Gasteiger partial charge < -0.3 is 9.84 Å². The first kappa shape index (κ1) is 14.8. The number of carbonyl (C=O) groups excluding carboxylic acids is 2. The summed E-state index contributed by atoms with van der Waals surface area (Å²) < 4.78 is 10.3. The van der Waals surface area contributed by atoms with Crippen LogP contribution in [0.1, 0.15) is 15.9 Å². The van der Waals surface area contributed by atoms with Gasteiger partial charge in [0.1, 0.15) is 6.61 Å². The molecule has 0 atom stereocenters. The second-order valence-corrected chi connectivity index (χ2v) is 6.06. The SMILES string of the molecule is O=C(Nc1cccc2c1C(=O)c1cccc3snc-2c13)OCCO. The highest BCUT2D eigenvalue weighted by molar-refractivity contribution is 7.13. The van der Waals surface area contributed by atoms with Gasteiger partial charge in [-0.15, -0.1) is 0 Å². The van der Waals surface area contributed by atoms with Crippen LogP contribution in [0.5, 0.6) is 0 Å². The first-order chi connectivity index (χ1) is 11.7. The third-order valence-electron chi connectivity index (χ3n) is 3.85. The second-order valence-electron chi connectivity index (χ2n) is 5.25. The lowest BCUT2D eigenvalue weighted by Crippen LogP contribution is -2.19. The topological polar surface area (TPSA) is 88.5 Å². The standard InChI is InChI=1S/C17H12N2O4S/c20-7-8-23-17(22)18-11-5-1-3-9-13(11)16(21)10-4-2-6-12-14(10)15(9)19-24-12/h1-6,20H,7-8H2,(H,18,22). The summed E-state index contributed by atoms with van der Waals surface area (Å²) in [6.07, 6.45) is -0.715. The summed E-state index contributed by atoms with van der Waals surface area (Å²) in [5, 5.41) is 12.2. The van der Waals surface area contributed by atoms with Crippen LogP contribution in [0.4, 0.5) is 10.5 Å². The number of amides is 1. The number of fused-ring (bicyclic) bond motifs is 2. The molecule has 0 radical (unpaired) electrons. The average molecular weight is 340 g/mol. The van der Waals surface area contributed by atoms with Gasteiger partial charge in [0, 0.05) is 16.5 Å². The van der Waals surface area contributed by atoms with Crippen LogP contribution in [0, 0.1) is 0 Å². The molecule has 6 nitrogen and oxygen atoms in total. The number of nitrogens with zero attached hydrogens (tertiary/aromatic N) is 1. The van der Waals surface area contributed by atoms with E-state index < -0.39 is 6.09 Å². The maximum absolute atomic E-state index is 13.0. The minimum Gasteiger partial charge on any atom is -0.447 e. The third kappa shape index (κ3) is 2.17. The van der Waals surface area contributed by atoms with Crippen LogP contribution in [0.3, 0.4) is 0 Å². The minimum atomic E-state index is -0.715. The molecule has 24 heavy (non-hydrogen) atoms. The molecule has 1 aliphatic rings. The first-order valence-electron chi connectivity index (χ1n) is 7.32. The molecule has 3 aromatic rings. The number of carbonyl (C=O) groups is 2. The van der Waals surface area contributed by atoms with Crippen LogP contribution in [0.25, 0.3) is 21.3 Å². The number of benzene rings is 2. The predicted octanol–water partition coefficient (Wildman–Crippen LogP) is 3.05. The lowest BCUT2D eigenvalue weighted by molar-refractivity contribution is 0.104. The lowest BCUT2D eigenvalue weighted by Gasteiger charge is -2.18. The number of nitrogens with one attached hydrogen (secondary N) is 1. The quantitative estimate of drug-likeness (QED) is 0.598. The van der Waals surface area contributed by atoms with Crippen molar-refractivity contribution in [3.8, 4) is 11.3 Å². The van der Waals surface area contributed by atoms with E-state index in [0.717, 1.165) is 15.8 Å². The van der Waals surface area contributed by atoms with Crippen LogP contribution in [-0.4, -0.2) is 34.6 Å². The Balaban J connectivity index is 1.84. The van der Waals surface area contributed by atoms with Crippen molar-refractivity contribution in [2.45, 2.75) is 0 Å². The molecule has 1 heterocycles. The Bertz CT molecular complexity index is 980. The van der Waals surface area contributed by atoms with Crippen molar-refractivity contribution in [2.75, 3.05) is 18.5 Å². The normalized spacial score (nSPS) is 12.1. The Morgan fingerprint density at radius 2 is 2.00 bits per heavy atom. The fourth-order valence-corrected chi connectivity index (χ4v) is 3.70. The van der Waals surface area contributed by atoms with Gasteiger partial charge in [0.2, 0.25) is 0 Å². The Labute approximate surface area is 140 Å². The van der Waals surface area contributed by atoms with Gasteiger partial charge in [-0.2, -0.15) is 4.37 Å². The molecular weight excluding hydrogens is 328 g/mol. The van der Waals surface area contributed by atoms with Gasteiger partial charge in [-0.25, -0.2) is 4.79 Å². The van der Waals surface area contributed by atoms with E-state index in [4.69, 9.17) is 9.84 Å². The molecule has 0 saturated carbocycles. The molecule has 1 aliphatic carbocycles. The Kier molecular flexibility index (Phi) is 3.51. The van der Waals surface area contributed by atoms with Crippen LogP contribution in [0.2, 0.25) is 0 Å². The van der Waals surface area contributed by atoms with Crippen LogP contribution >= 0.6 is 11.5 Å². The maximum Gasteiger partial charge on any atom is 0.411 e. The number of aromatic nitrogens is 1. The van der Waals surface area contributed by atoms with E-state index in [-0.39, 0.29) is 19.0 Å². The van der Waals surface area contributed by atoms with Crippen LogP contribution in [-0.2, 0) is 4.74 Å². The van der Waals surface area contributed by atoms with E-state index >= 15 is 0 Å². The van der Waals surface area contributed by atoms with Gasteiger partial charge in [-0.05, 0) is 23.7 Å².